The molecule has 0 bridgehead atoms. The second-order valence-corrected chi connectivity index (χ2v) is 6.06. The lowest BCUT2D eigenvalue weighted by atomic mass is 10.1. The van der Waals surface area contributed by atoms with Crippen molar-refractivity contribution in [1.82, 2.24) is 20.1 Å². The quantitative estimate of drug-likeness (QED) is 0.624. The van der Waals surface area contributed by atoms with Crippen molar-refractivity contribution in [2.75, 3.05) is 5.32 Å². The molecular formula is C18H14F5N5O. The summed E-state index contributed by atoms with van der Waals surface area (Å²) in [6.45, 7) is 1.52. The number of hydrogen-bond acceptors (Lipinski definition) is 3. The van der Waals surface area contributed by atoms with Crippen LogP contribution in [0.25, 0.3) is 5.69 Å². The summed E-state index contributed by atoms with van der Waals surface area (Å²) < 4.78 is 67.5. The molecule has 1 atom stereocenters. The molecule has 1 aromatic heterocycles. The van der Waals surface area contributed by atoms with E-state index < -0.39 is 35.4 Å². The number of carbonyl (C=O) groups is 1. The molecule has 152 valence electrons. The van der Waals surface area contributed by atoms with Gasteiger partial charge < -0.3 is 10.6 Å². The smallest absolute Gasteiger partial charge is 0.331 e. The lowest BCUT2D eigenvalue weighted by Gasteiger charge is -2.17. The Kier molecular flexibility index (Phi) is 5.48. The van der Waals surface area contributed by atoms with E-state index in [1.165, 1.54) is 19.1 Å². The minimum Gasteiger partial charge on any atom is -0.331 e. The van der Waals surface area contributed by atoms with Crippen LogP contribution in [0.1, 0.15) is 24.1 Å². The molecule has 0 saturated carbocycles. The average Bonchev–Trinajstić information content (AvgIpc) is 3.17. The van der Waals surface area contributed by atoms with Crippen molar-refractivity contribution in [3.05, 3.63) is 71.8 Å². The molecule has 1 unspecified atom stereocenters. The summed E-state index contributed by atoms with van der Waals surface area (Å²) in [6.07, 6.45) is -2.48. The number of anilines is 1. The molecule has 0 fully saturated rings. The highest BCUT2D eigenvalue weighted by Crippen LogP contribution is 2.35. The Hall–Kier alpha value is -3.50. The van der Waals surface area contributed by atoms with Crippen molar-refractivity contribution in [3.8, 4) is 5.69 Å². The fourth-order valence-corrected chi connectivity index (χ4v) is 2.60. The highest BCUT2D eigenvalue weighted by Gasteiger charge is 2.34. The van der Waals surface area contributed by atoms with Crippen LogP contribution >= 0.6 is 0 Å². The minimum atomic E-state index is -4.70. The molecule has 6 nitrogen and oxygen atoms in total. The third-order valence-corrected chi connectivity index (χ3v) is 4.02. The lowest BCUT2D eigenvalue weighted by molar-refractivity contribution is -0.137. The Morgan fingerprint density at radius 2 is 1.86 bits per heavy atom. The predicted octanol–water partition coefficient (Wildman–Crippen LogP) is 4.45. The zero-order valence-electron chi connectivity index (χ0n) is 14.8. The van der Waals surface area contributed by atoms with Gasteiger partial charge in [-0.15, -0.1) is 0 Å². The number of aromatic nitrogens is 3. The molecule has 29 heavy (non-hydrogen) atoms. The van der Waals surface area contributed by atoms with Gasteiger partial charge in [0.2, 0.25) is 0 Å². The molecule has 0 radical (unpaired) electrons. The number of hydrogen-bond donors (Lipinski definition) is 2. The number of carbonyl (C=O) groups excluding carboxylic acids is 1. The van der Waals surface area contributed by atoms with Gasteiger partial charge in [0.1, 0.15) is 12.7 Å². The highest BCUT2D eigenvalue weighted by atomic mass is 19.4. The zero-order valence-corrected chi connectivity index (χ0v) is 14.8. The predicted molar refractivity (Wildman–Crippen MR) is 93.3 cm³/mol. The molecule has 0 spiro atoms. The number of nitrogens with one attached hydrogen (secondary N) is 2. The monoisotopic (exact) mass is 411 g/mol. The fourth-order valence-electron chi connectivity index (χ4n) is 2.60. The Bertz CT molecular complexity index is 1020. The molecule has 2 amide bonds. The molecule has 0 aliphatic carbocycles. The second-order valence-electron chi connectivity index (χ2n) is 6.06. The molecule has 2 N–H and O–H groups in total. The molecule has 0 saturated heterocycles. The van der Waals surface area contributed by atoms with Crippen LogP contribution in [-0.2, 0) is 6.18 Å². The minimum absolute atomic E-state index is 0.115. The maximum Gasteiger partial charge on any atom is 0.418 e. The zero-order chi connectivity index (χ0) is 21.2. The van der Waals surface area contributed by atoms with Crippen LogP contribution in [0.4, 0.5) is 32.4 Å². The van der Waals surface area contributed by atoms with Crippen LogP contribution in [0.3, 0.4) is 0 Å². The van der Waals surface area contributed by atoms with Crippen molar-refractivity contribution < 1.29 is 26.7 Å². The number of amides is 2. The van der Waals surface area contributed by atoms with Crippen LogP contribution in [0.2, 0.25) is 0 Å². The summed E-state index contributed by atoms with van der Waals surface area (Å²) in [5.41, 5.74) is -1.10. The van der Waals surface area contributed by atoms with Crippen LogP contribution < -0.4 is 10.6 Å². The molecule has 11 heteroatoms. The van der Waals surface area contributed by atoms with Crippen LogP contribution in [0, 0.1) is 11.6 Å². The van der Waals surface area contributed by atoms with Gasteiger partial charge in [0.15, 0.2) is 11.6 Å². The van der Waals surface area contributed by atoms with E-state index in [4.69, 9.17) is 0 Å². The first kappa shape index (κ1) is 20.2. The Balaban J connectivity index is 1.77. The van der Waals surface area contributed by atoms with E-state index in [0.29, 0.717) is 0 Å². The number of halogens is 5. The summed E-state index contributed by atoms with van der Waals surface area (Å²) in [4.78, 5) is 15.7. The van der Waals surface area contributed by atoms with Gasteiger partial charge in [-0.05, 0) is 42.8 Å². The SMILES string of the molecule is CC(NC(=O)Nc1ccc(-n2cncn2)c(C(F)(F)F)c1)c1ccc(F)c(F)c1. The van der Waals surface area contributed by atoms with Crippen LogP contribution in [-0.4, -0.2) is 20.8 Å². The maximum atomic E-state index is 13.4. The first-order valence-corrected chi connectivity index (χ1v) is 8.24. The summed E-state index contributed by atoms with van der Waals surface area (Å²) in [5, 5.41) is 8.42. The van der Waals surface area contributed by atoms with E-state index in [9.17, 15) is 26.7 Å². The number of alkyl halides is 3. The van der Waals surface area contributed by atoms with Crippen LogP contribution in [0.15, 0.2) is 49.1 Å². The largest absolute Gasteiger partial charge is 0.418 e. The summed E-state index contributed by atoms with van der Waals surface area (Å²) >= 11 is 0. The Morgan fingerprint density at radius 3 is 2.48 bits per heavy atom. The highest BCUT2D eigenvalue weighted by molar-refractivity contribution is 5.89. The first-order chi connectivity index (χ1) is 13.6. The Morgan fingerprint density at radius 1 is 1.10 bits per heavy atom. The second kappa shape index (κ2) is 7.86. The van der Waals surface area contributed by atoms with Crippen molar-refractivity contribution in [3.63, 3.8) is 0 Å². The van der Waals surface area contributed by atoms with E-state index in [-0.39, 0.29) is 16.9 Å². The van der Waals surface area contributed by atoms with Gasteiger partial charge in [-0.2, -0.15) is 18.3 Å². The van der Waals surface area contributed by atoms with Gasteiger partial charge in [-0.3, -0.25) is 0 Å². The van der Waals surface area contributed by atoms with E-state index in [0.717, 1.165) is 41.6 Å². The summed E-state index contributed by atoms with van der Waals surface area (Å²) in [7, 11) is 0. The van der Waals surface area contributed by atoms with Crippen LogP contribution in [0.5, 0.6) is 0 Å². The molecule has 3 rings (SSSR count). The first-order valence-electron chi connectivity index (χ1n) is 8.24. The normalized spacial score (nSPS) is 12.5. The Labute approximate surface area is 161 Å². The van der Waals surface area contributed by atoms with E-state index in [2.05, 4.69) is 20.7 Å². The number of urea groups is 1. The number of nitrogens with zero attached hydrogens (tertiary/aromatic N) is 3. The molecule has 3 aromatic rings. The molecule has 0 aliphatic heterocycles. The molecule has 1 heterocycles. The third-order valence-electron chi connectivity index (χ3n) is 4.02. The topological polar surface area (TPSA) is 71.8 Å². The van der Waals surface area contributed by atoms with Crippen molar-refractivity contribution in [1.29, 1.82) is 0 Å². The van der Waals surface area contributed by atoms with E-state index in [1.807, 2.05) is 0 Å². The van der Waals surface area contributed by atoms with Gasteiger partial charge in [-0.1, -0.05) is 6.07 Å². The van der Waals surface area contributed by atoms with Crippen molar-refractivity contribution >= 4 is 11.7 Å². The standard InChI is InChI=1S/C18H14F5N5O/c1-10(11-2-4-14(19)15(20)6-11)26-17(29)27-12-3-5-16(28-9-24-8-25-28)13(7-12)18(21,22)23/h2-10H,1H3,(H2,26,27,29). The van der Waals surface area contributed by atoms with Gasteiger partial charge in [0, 0.05) is 5.69 Å². The van der Waals surface area contributed by atoms with E-state index >= 15 is 0 Å². The maximum absolute atomic E-state index is 13.4. The average molecular weight is 411 g/mol. The van der Waals surface area contributed by atoms with Gasteiger partial charge in [-0.25, -0.2) is 23.2 Å². The third kappa shape index (κ3) is 4.68. The summed E-state index contributed by atoms with van der Waals surface area (Å²) in [6, 6.07) is 4.77. The number of benzene rings is 2. The van der Waals surface area contributed by atoms with Crippen molar-refractivity contribution in [2.45, 2.75) is 19.1 Å². The molecule has 2 aromatic carbocycles. The molecule has 0 aliphatic rings. The van der Waals surface area contributed by atoms with Crippen molar-refractivity contribution in [2.24, 2.45) is 0 Å². The summed E-state index contributed by atoms with van der Waals surface area (Å²) in [5.74, 6) is -2.10. The number of rotatable bonds is 4. The fraction of sp³-hybridized carbons (Fsp3) is 0.167. The van der Waals surface area contributed by atoms with Gasteiger partial charge >= 0.3 is 12.2 Å². The lowest BCUT2D eigenvalue weighted by Crippen LogP contribution is -2.31. The van der Waals surface area contributed by atoms with E-state index in [1.54, 1.807) is 0 Å². The molecular weight excluding hydrogens is 397 g/mol. The van der Waals surface area contributed by atoms with Gasteiger partial charge in [0.05, 0.1) is 17.3 Å². The van der Waals surface area contributed by atoms with Gasteiger partial charge in [0.25, 0.3) is 0 Å².